The second kappa shape index (κ2) is 8.65. The molecule has 0 aliphatic carbocycles. The number of hydrogen-bond acceptors (Lipinski definition) is 5. The zero-order chi connectivity index (χ0) is 15.8. The average molecular weight is 340 g/mol. The van der Waals surface area contributed by atoms with Crippen molar-refractivity contribution in [3.8, 4) is 0 Å². The predicted molar refractivity (Wildman–Crippen MR) is 89.4 cm³/mol. The van der Waals surface area contributed by atoms with Crippen molar-refractivity contribution in [2.24, 2.45) is 4.99 Å². The second-order valence-electron chi connectivity index (χ2n) is 4.39. The predicted octanol–water partition coefficient (Wildman–Crippen LogP) is 2.49. The fourth-order valence-corrected chi connectivity index (χ4v) is 2.56. The van der Waals surface area contributed by atoms with Gasteiger partial charge in [0.15, 0.2) is 11.8 Å². The molecule has 0 bridgehead atoms. The number of halogens is 1. The van der Waals surface area contributed by atoms with Gasteiger partial charge >= 0.3 is 0 Å². The summed E-state index contributed by atoms with van der Waals surface area (Å²) in [5, 5.41) is 10.8. The van der Waals surface area contributed by atoms with E-state index in [-0.39, 0.29) is 0 Å². The first-order chi connectivity index (χ1) is 10.7. The van der Waals surface area contributed by atoms with Crippen molar-refractivity contribution in [1.82, 2.24) is 20.8 Å². The lowest BCUT2D eigenvalue weighted by Crippen LogP contribution is -2.38. The lowest BCUT2D eigenvalue weighted by molar-refractivity contribution is 0.371. The Morgan fingerprint density at radius 3 is 2.73 bits per heavy atom. The summed E-state index contributed by atoms with van der Waals surface area (Å²) in [4.78, 5) is 9.46. The maximum Gasteiger partial charge on any atom is 0.246 e. The molecule has 0 saturated carbocycles. The molecular formula is C14H18ClN5OS. The van der Waals surface area contributed by atoms with E-state index in [0.717, 1.165) is 17.3 Å². The average Bonchev–Trinajstić information content (AvgIpc) is 2.94. The smallest absolute Gasteiger partial charge is 0.246 e. The van der Waals surface area contributed by atoms with Crippen LogP contribution in [0.4, 0.5) is 0 Å². The summed E-state index contributed by atoms with van der Waals surface area (Å²) in [5.41, 5.74) is 0. The van der Waals surface area contributed by atoms with Gasteiger partial charge in [0, 0.05) is 29.3 Å². The van der Waals surface area contributed by atoms with E-state index in [2.05, 4.69) is 25.8 Å². The molecule has 0 aliphatic rings. The SMILES string of the molecule is CN=C(NCCSc1ccc(Cl)cc1)NCc1nc(C)no1. The third-order valence-corrected chi connectivity index (χ3v) is 3.94. The zero-order valence-electron chi connectivity index (χ0n) is 12.5. The second-order valence-corrected chi connectivity index (χ2v) is 6.00. The molecule has 118 valence electrons. The number of thioether (sulfide) groups is 1. The van der Waals surface area contributed by atoms with Gasteiger partial charge in [0.2, 0.25) is 5.89 Å². The van der Waals surface area contributed by atoms with E-state index >= 15 is 0 Å². The van der Waals surface area contributed by atoms with Crippen LogP contribution in [0.5, 0.6) is 0 Å². The highest BCUT2D eigenvalue weighted by atomic mass is 35.5. The first-order valence-electron chi connectivity index (χ1n) is 6.79. The molecule has 1 aromatic carbocycles. The maximum absolute atomic E-state index is 5.86. The number of benzene rings is 1. The van der Waals surface area contributed by atoms with Crippen molar-refractivity contribution in [2.75, 3.05) is 19.3 Å². The van der Waals surface area contributed by atoms with E-state index < -0.39 is 0 Å². The molecular weight excluding hydrogens is 322 g/mol. The number of aromatic nitrogens is 2. The molecule has 1 heterocycles. The molecule has 0 fully saturated rings. The largest absolute Gasteiger partial charge is 0.356 e. The van der Waals surface area contributed by atoms with Crippen molar-refractivity contribution < 1.29 is 4.52 Å². The van der Waals surface area contributed by atoms with E-state index in [9.17, 15) is 0 Å². The van der Waals surface area contributed by atoms with E-state index in [1.165, 1.54) is 4.90 Å². The van der Waals surface area contributed by atoms with Crippen LogP contribution in [0, 0.1) is 6.92 Å². The van der Waals surface area contributed by atoms with Crippen LogP contribution in [0.1, 0.15) is 11.7 Å². The molecule has 0 radical (unpaired) electrons. The number of aryl methyl sites for hydroxylation is 1. The molecule has 0 amide bonds. The van der Waals surface area contributed by atoms with Crippen molar-refractivity contribution >= 4 is 29.3 Å². The fourth-order valence-electron chi connectivity index (χ4n) is 1.66. The van der Waals surface area contributed by atoms with Crippen LogP contribution < -0.4 is 10.6 Å². The quantitative estimate of drug-likeness (QED) is 0.364. The van der Waals surface area contributed by atoms with Gasteiger partial charge in [0.1, 0.15) is 0 Å². The number of aliphatic imine (C=N–C) groups is 1. The van der Waals surface area contributed by atoms with Gasteiger partial charge in [-0.15, -0.1) is 11.8 Å². The summed E-state index contributed by atoms with van der Waals surface area (Å²) in [7, 11) is 1.72. The highest BCUT2D eigenvalue weighted by Crippen LogP contribution is 2.19. The minimum Gasteiger partial charge on any atom is -0.356 e. The highest BCUT2D eigenvalue weighted by Gasteiger charge is 2.04. The molecule has 0 aliphatic heterocycles. The van der Waals surface area contributed by atoms with Crippen LogP contribution in [-0.4, -0.2) is 35.4 Å². The Balaban J connectivity index is 1.67. The molecule has 2 aromatic rings. The summed E-state index contributed by atoms with van der Waals surface area (Å²) in [6.45, 7) is 3.02. The Bertz CT molecular complexity index is 614. The summed E-state index contributed by atoms with van der Waals surface area (Å²) in [5.74, 6) is 2.78. The molecule has 2 N–H and O–H groups in total. The first kappa shape index (κ1) is 16.6. The van der Waals surface area contributed by atoms with Crippen LogP contribution in [0.25, 0.3) is 0 Å². The normalized spacial score (nSPS) is 11.5. The Hall–Kier alpha value is -1.73. The van der Waals surface area contributed by atoms with Crippen molar-refractivity contribution in [3.63, 3.8) is 0 Å². The van der Waals surface area contributed by atoms with E-state index in [4.69, 9.17) is 16.1 Å². The monoisotopic (exact) mass is 339 g/mol. The summed E-state index contributed by atoms with van der Waals surface area (Å²) >= 11 is 7.61. The summed E-state index contributed by atoms with van der Waals surface area (Å²) in [6, 6.07) is 7.81. The van der Waals surface area contributed by atoms with Crippen LogP contribution in [0.3, 0.4) is 0 Å². The molecule has 0 atom stereocenters. The molecule has 1 aromatic heterocycles. The minimum atomic E-state index is 0.449. The van der Waals surface area contributed by atoms with Crippen LogP contribution >= 0.6 is 23.4 Å². The lowest BCUT2D eigenvalue weighted by atomic mass is 10.4. The topological polar surface area (TPSA) is 75.3 Å². The van der Waals surface area contributed by atoms with E-state index in [1.807, 2.05) is 24.3 Å². The van der Waals surface area contributed by atoms with Crippen LogP contribution in [0.15, 0.2) is 38.7 Å². The number of guanidine groups is 1. The molecule has 0 saturated heterocycles. The van der Waals surface area contributed by atoms with Gasteiger partial charge in [-0.25, -0.2) is 0 Å². The third kappa shape index (κ3) is 5.57. The van der Waals surface area contributed by atoms with Gasteiger partial charge in [-0.05, 0) is 31.2 Å². The summed E-state index contributed by atoms with van der Waals surface area (Å²) in [6.07, 6.45) is 0. The lowest BCUT2D eigenvalue weighted by Gasteiger charge is -2.10. The Labute approximate surface area is 138 Å². The Morgan fingerprint density at radius 2 is 2.09 bits per heavy atom. The summed E-state index contributed by atoms with van der Waals surface area (Å²) < 4.78 is 5.03. The van der Waals surface area contributed by atoms with E-state index in [1.54, 1.807) is 25.7 Å². The van der Waals surface area contributed by atoms with Gasteiger partial charge in [0.25, 0.3) is 0 Å². The van der Waals surface area contributed by atoms with Crippen molar-refractivity contribution in [1.29, 1.82) is 0 Å². The Morgan fingerprint density at radius 1 is 1.32 bits per heavy atom. The van der Waals surface area contributed by atoms with Gasteiger partial charge in [-0.1, -0.05) is 16.8 Å². The highest BCUT2D eigenvalue weighted by molar-refractivity contribution is 7.99. The van der Waals surface area contributed by atoms with Gasteiger partial charge in [0.05, 0.1) is 6.54 Å². The molecule has 8 heteroatoms. The maximum atomic E-state index is 5.86. The molecule has 0 spiro atoms. The third-order valence-electron chi connectivity index (χ3n) is 2.68. The standard InChI is InChI=1S/C14H18ClN5OS/c1-10-19-13(21-20-10)9-18-14(16-2)17-7-8-22-12-5-3-11(15)4-6-12/h3-6H,7-9H2,1-2H3,(H2,16,17,18). The molecule has 6 nitrogen and oxygen atoms in total. The van der Waals surface area contributed by atoms with Crippen LogP contribution in [-0.2, 0) is 6.54 Å². The number of nitrogens with zero attached hydrogens (tertiary/aromatic N) is 3. The number of rotatable bonds is 6. The first-order valence-corrected chi connectivity index (χ1v) is 8.16. The van der Waals surface area contributed by atoms with Gasteiger partial charge in [-0.3, -0.25) is 4.99 Å². The van der Waals surface area contributed by atoms with Gasteiger partial charge in [-0.2, -0.15) is 4.98 Å². The molecule has 22 heavy (non-hydrogen) atoms. The van der Waals surface area contributed by atoms with Crippen molar-refractivity contribution in [3.05, 3.63) is 41.0 Å². The molecule has 0 unspecified atom stereocenters. The fraction of sp³-hybridized carbons (Fsp3) is 0.357. The van der Waals surface area contributed by atoms with E-state index in [0.29, 0.717) is 24.2 Å². The van der Waals surface area contributed by atoms with Crippen LogP contribution in [0.2, 0.25) is 5.02 Å². The minimum absolute atomic E-state index is 0.449. The number of nitrogens with one attached hydrogen (secondary N) is 2. The molecule has 2 rings (SSSR count). The van der Waals surface area contributed by atoms with Crippen molar-refractivity contribution in [2.45, 2.75) is 18.4 Å². The number of hydrogen-bond donors (Lipinski definition) is 2. The van der Waals surface area contributed by atoms with Gasteiger partial charge < -0.3 is 15.2 Å². The Kier molecular flexibility index (Phi) is 6.54. The zero-order valence-corrected chi connectivity index (χ0v) is 14.0.